The smallest absolute Gasteiger partial charge is 0.328 e. The predicted molar refractivity (Wildman–Crippen MR) is 195 cm³/mol. The summed E-state index contributed by atoms with van der Waals surface area (Å²) >= 11 is 0. The molecular weight excluding hydrogens is 690 g/mol. The maximum atomic E-state index is 14.6. The first-order valence-electron chi connectivity index (χ1n) is 16.6. The molecule has 53 heavy (non-hydrogen) atoms. The van der Waals surface area contributed by atoms with Crippen LogP contribution in [-0.2, 0) is 20.9 Å². The van der Waals surface area contributed by atoms with Crippen molar-refractivity contribution in [3.05, 3.63) is 93.3 Å². The van der Waals surface area contributed by atoms with E-state index in [9.17, 15) is 53.7 Å². The van der Waals surface area contributed by atoms with Crippen LogP contribution in [0.2, 0.25) is 0 Å². The molecule has 6 aromatic rings. The molecule has 7 rings (SSSR count). The minimum atomic E-state index is -1.39. The number of carbonyl (C=O) groups is 3. The summed E-state index contributed by atoms with van der Waals surface area (Å²) in [6.07, 6.45) is 0.449. The molecule has 2 heterocycles. The molecule has 1 aromatic heterocycles. The van der Waals surface area contributed by atoms with Gasteiger partial charge in [-0.1, -0.05) is 26.0 Å². The van der Waals surface area contributed by atoms with Crippen molar-refractivity contribution in [2.75, 3.05) is 13.7 Å². The number of carboxylic acids is 1. The number of phenolic OH excluding ortho intramolecular Hbond substituents is 2. The number of nitrogens with one attached hydrogen (secondary N) is 1. The number of piperazine rings is 1. The van der Waals surface area contributed by atoms with Gasteiger partial charge in [-0.15, -0.1) is 0 Å². The molecule has 5 aromatic carbocycles. The molecule has 0 spiro atoms. The Bertz CT molecular complexity index is 2940. The highest BCUT2D eigenvalue weighted by atomic mass is 16.5. The van der Waals surface area contributed by atoms with E-state index in [1.807, 2.05) is 6.92 Å². The normalized spacial score (nSPS) is 16.8. The number of carboxylic acid groups (broad SMARTS) is 1. The lowest BCUT2D eigenvalue weighted by molar-refractivity contribution is -0.151. The van der Waals surface area contributed by atoms with Gasteiger partial charge in [0.1, 0.15) is 35.9 Å². The van der Waals surface area contributed by atoms with Crippen molar-refractivity contribution < 1.29 is 34.4 Å². The average molecular weight is 722 g/mol. The molecule has 4 N–H and O–H groups in total. The number of amides is 2. The van der Waals surface area contributed by atoms with Crippen molar-refractivity contribution >= 4 is 71.6 Å². The summed E-state index contributed by atoms with van der Waals surface area (Å²) in [4.78, 5) is 109. The molecule has 270 valence electrons. The lowest BCUT2D eigenvalue weighted by Crippen LogP contribution is -2.63. The number of hydrogen-bond donors (Lipinski definition) is 4. The second-order valence-electron chi connectivity index (χ2n) is 13.2. The lowest BCUT2D eigenvalue weighted by Gasteiger charge is -2.36. The average Bonchev–Trinajstić information content (AvgIpc) is 3.13. The van der Waals surface area contributed by atoms with Gasteiger partial charge in [0.05, 0.1) is 35.2 Å². The number of phenols is 2. The molecular formula is C38H31N3O12. The van der Waals surface area contributed by atoms with Crippen LogP contribution in [0.25, 0.3) is 53.9 Å². The van der Waals surface area contributed by atoms with Crippen molar-refractivity contribution in [3.63, 3.8) is 0 Å². The van der Waals surface area contributed by atoms with Crippen LogP contribution in [0.15, 0.2) is 60.4 Å². The Morgan fingerprint density at radius 1 is 0.849 bits per heavy atom. The summed E-state index contributed by atoms with van der Waals surface area (Å²) in [7, 11) is 1.21. The molecule has 3 unspecified atom stereocenters. The molecule has 0 radical (unpaired) electrons. The van der Waals surface area contributed by atoms with Crippen LogP contribution in [0.3, 0.4) is 0 Å². The zero-order valence-corrected chi connectivity index (χ0v) is 28.7. The molecule has 0 bridgehead atoms. The standard InChI is InChI=1S/C38H31N3O12/c1-5-14(2)21-11-19-27(37(50)41(21)13-23(43)40-12-20(38(51)52)39-36(49)15(40)3)33(47)25-17(30(19)44)9-10-18-26(25)34(48)28-29(35(18)53-4)32(46)24-16(31(28)45)7-6-8-22(24)42/h6-11,14-15,20,45-46H,5,12-13H2,1-4H3,(H,39,49)(H,51,52). The monoisotopic (exact) mass is 721 g/mol. The van der Waals surface area contributed by atoms with Crippen LogP contribution in [0, 0.1) is 0 Å². The highest BCUT2D eigenvalue weighted by Gasteiger charge is 2.38. The van der Waals surface area contributed by atoms with Crippen LogP contribution < -0.4 is 37.3 Å². The number of aromatic hydroxyl groups is 2. The van der Waals surface area contributed by atoms with Gasteiger partial charge >= 0.3 is 5.97 Å². The Hall–Kier alpha value is -6.64. The van der Waals surface area contributed by atoms with Gasteiger partial charge in [-0.3, -0.25) is 33.6 Å². The van der Waals surface area contributed by atoms with E-state index in [1.165, 1.54) is 50.4 Å². The zero-order valence-electron chi connectivity index (χ0n) is 28.7. The first-order valence-corrected chi connectivity index (χ1v) is 16.6. The van der Waals surface area contributed by atoms with Crippen LogP contribution >= 0.6 is 0 Å². The third-order valence-electron chi connectivity index (χ3n) is 10.4. The fourth-order valence-electron chi connectivity index (χ4n) is 7.47. The molecule has 1 aliphatic heterocycles. The predicted octanol–water partition coefficient (Wildman–Crippen LogP) is 1.66. The van der Waals surface area contributed by atoms with E-state index < -0.39 is 97.3 Å². The quantitative estimate of drug-likeness (QED) is 0.109. The van der Waals surface area contributed by atoms with Crippen molar-refractivity contribution in [1.29, 1.82) is 0 Å². The van der Waals surface area contributed by atoms with Crippen LogP contribution in [0.5, 0.6) is 17.2 Å². The number of pyridine rings is 1. The fraction of sp³-hybridized carbons (Fsp3) is 0.263. The van der Waals surface area contributed by atoms with Crippen LogP contribution in [-0.4, -0.2) is 68.3 Å². The fourth-order valence-corrected chi connectivity index (χ4v) is 7.47. The van der Waals surface area contributed by atoms with Gasteiger partial charge in [0.25, 0.3) is 5.56 Å². The van der Waals surface area contributed by atoms with E-state index in [1.54, 1.807) is 6.92 Å². The second kappa shape index (κ2) is 12.3. The van der Waals surface area contributed by atoms with Crippen molar-refractivity contribution in [2.45, 2.75) is 51.7 Å². The van der Waals surface area contributed by atoms with Gasteiger partial charge in [-0.2, -0.15) is 0 Å². The number of carbonyl (C=O) groups excluding carboxylic acids is 2. The van der Waals surface area contributed by atoms with E-state index in [2.05, 4.69) is 5.32 Å². The minimum Gasteiger partial charge on any atom is -0.506 e. The highest BCUT2D eigenvalue weighted by molar-refractivity contribution is 6.22. The van der Waals surface area contributed by atoms with Crippen LogP contribution in [0.4, 0.5) is 0 Å². The van der Waals surface area contributed by atoms with E-state index in [-0.39, 0.29) is 55.7 Å². The summed E-state index contributed by atoms with van der Waals surface area (Å²) in [5.74, 6) is -4.77. The lowest BCUT2D eigenvalue weighted by atomic mass is 9.91. The Balaban J connectivity index is 1.57. The van der Waals surface area contributed by atoms with Crippen LogP contribution in [0.1, 0.15) is 38.8 Å². The van der Waals surface area contributed by atoms with Gasteiger partial charge in [-0.05, 0) is 43.5 Å². The zero-order chi connectivity index (χ0) is 38.4. The number of fused-ring (bicyclic) bond motifs is 6. The highest BCUT2D eigenvalue weighted by Crippen LogP contribution is 2.46. The molecule has 1 saturated heterocycles. The topological polar surface area (TPSA) is 227 Å². The Morgan fingerprint density at radius 3 is 2.17 bits per heavy atom. The Kier molecular flexibility index (Phi) is 8.04. The summed E-state index contributed by atoms with van der Waals surface area (Å²) in [6.45, 7) is 3.88. The molecule has 1 fully saturated rings. The second-order valence-corrected chi connectivity index (χ2v) is 13.2. The number of hydrogen-bond acceptors (Lipinski definition) is 11. The number of rotatable bonds is 6. The summed E-state index contributed by atoms with van der Waals surface area (Å²) in [5.41, 5.74) is -4.20. The largest absolute Gasteiger partial charge is 0.506 e. The van der Waals surface area contributed by atoms with E-state index in [4.69, 9.17) is 4.74 Å². The molecule has 3 atom stereocenters. The number of ether oxygens (including phenoxy) is 1. The van der Waals surface area contributed by atoms with E-state index >= 15 is 0 Å². The summed E-state index contributed by atoms with van der Waals surface area (Å²) in [5, 5.41) is 31.3. The molecule has 2 amide bonds. The first-order chi connectivity index (χ1) is 25.1. The molecule has 15 nitrogen and oxygen atoms in total. The third-order valence-corrected chi connectivity index (χ3v) is 10.4. The van der Waals surface area contributed by atoms with Gasteiger partial charge in [0, 0.05) is 38.0 Å². The molecule has 15 heteroatoms. The number of methoxy groups -OCH3 is 1. The summed E-state index contributed by atoms with van der Waals surface area (Å²) < 4.78 is 6.62. The molecule has 0 aliphatic carbocycles. The van der Waals surface area contributed by atoms with E-state index in [0.29, 0.717) is 6.42 Å². The number of aromatic nitrogens is 1. The molecule has 0 saturated carbocycles. The maximum absolute atomic E-state index is 14.6. The van der Waals surface area contributed by atoms with Gasteiger partial charge in [0.2, 0.25) is 17.2 Å². The molecule has 1 aliphatic rings. The van der Waals surface area contributed by atoms with Gasteiger partial charge < -0.3 is 34.8 Å². The number of benzene rings is 5. The maximum Gasteiger partial charge on any atom is 0.328 e. The van der Waals surface area contributed by atoms with Gasteiger partial charge in [0.15, 0.2) is 16.3 Å². The van der Waals surface area contributed by atoms with Gasteiger partial charge in [-0.25, -0.2) is 4.79 Å². The van der Waals surface area contributed by atoms with E-state index in [0.717, 1.165) is 9.47 Å². The Labute approximate surface area is 296 Å². The number of aliphatic carboxylic acids is 1. The van der Waals surface area contributed by atoms with Crippen molar-refractivity contribution in [3.8, 4) is 17.2 Å². The first kappa shape index (κ1) is 34.8. The Morgan fingerprint density at radius 2 is 1.51 bits per heavy atom. The summed E-state index contributed by atoms with van der Waals surface area (Å²) in [6, 6.07) is 5.33. The third kappa shape index (κ3) is 4.87. The van der Waals surface area contributed by atoms with Crippen molar-refractivity contribution in [1.82, 2.24) is 14.8 Å². The van der Waals surface area contributed by atoms with Crippen molar-refractivity contribution in [2.24, 2.45) is 0 Å². The minimum absolute atomic E-state index is 0.0529. The SMILES string of the molecule is CCC(C)c1cc2c(=O)c3ccc4c(OC)c5c(O)c6c(=O)cccc6c(O)c5c(=O)c4c3c(=O)c2c(=O)n1CC(=O)N1CC(C(=O)O)NC(=O)C1C. The number of nitrogens with zero attached hydrogens (tertiary/aromatic N) is 2.